The number of nitrogens with zero attached hydrogens (tertiary/aromatic N) is 7. The Kier molecular flexibility index (Phi) is 26.3. The molecule has 11 bridgehead atoms. The standard InChI is InChI=1S/C72H83N19O18S5/c1-14-27(3)47-62(105)78-31(7)56(99)75-29(5)55(98)76-32(8)57(100)90-72-19-18-41(65-83-43(23-112-65)58(101)77-30(6)54(97)74-28(4)53(73)96)85-69(72)91-20-21-110-67(91)49(35(11)109-68(107)42-22-38(33(9)92)37-16-17-40(79-47)51(95)50(37)80-42)88-59(102)44-25-113-66(84-44)52(71(13,108)36(12)94)89-61(104)45-24-111-64(82-45)39(15-2)81-63(106)48(34(10)93)87-60(103)46-26-114-70(72)86-46/h15-17,20-23,25-27,31-36,45,47-49,52,69,92-94,108H,4-6,14,18-19,24H2,1-3,7-13H3,(H13-,73,74,75,76,77,78,79,80,81,83,85,87,88,89,90,95,96,97,98,99,100,101,102,103,104,105,106,107)/p+1/b39-15-. The van der Waals surface area contributed by atoms with E-state index >= 15 is 14.4 Å². The molecule has 11 amide bonds. The Labute approximate surface area is 670 Å². The van der Waals surface area contributed by atoms with Crippen molar-refractivity contribution in [3.05, 3.63) is 143 Å². The van der Waals surface area contributed by atoms with E-state index in [-0.39, 0.29) is 88.6 Å². The number of thiazole rings is 4. The van der Waals surface area contributed by atoms with Crippen LogP contribution in [0.25, 0.3) is 10.9 Å². The highest BCUT2D eigenvalue weighted by atomic mass is 32.2. The number of phenolic OH excluding ortho intramolecular Hbond substituents is 1. The number of aromatic hydroxyl groups is 1. The van der Waals surface area contributed by atoms with Gasteiger partial charge >= 0.3 is 5.97 Å². The Hall–Kier alpha value is -11.1. The molecule has 9 heterocycles. The molecule has 37 nitrogen and oxygen atoms in total. The van der Waals surface area contributed by atoms with Crippen LogP contribution < -0.4 is 68.8 Å². The smallest absolute Gasteiger partial charge is 0.357 e. The molecule has 1 aromatic carbocycles. The number of ether oxygens (including phenoxy) is 1. The number of nitrogens with two attached hydrogens (primary N) is 1. The third-order valence-electron chi connectivity index (χ3n) is 19.3. The molecular weight excluding hydrogens is 1580 g/mol. The minimum Gasteiger partial charge on any atom is -0.504 e. The normalized spacial score (nSPS) is 25.1. The summed E-state index contributed by atoms with van der Waals surface area (Å²) in [6.45, 7) is 24.9. The molecule has 15 unspecified atom stereocenters. The molecule has 42 heteroatoms. The van der Waals surface area contributed by atoms with Crippen LogP contribution in [-0.2, 0) is 48.6 Å². The van der Waals surface area contributed by atoms with Gasteiger partial charge in [-0.05, 0) is 91.8 Å². The number of aromatic nitrogens is 5. The lowest BCUT2D eigenvalue weighted by Crippen LogP contribution is -2.64. The number of cyclic esters (lactones) is 1. The fourth-order valence-electron chi connectivity index (χ4n) is 12.2. The Morgan fingerprint density at radius 2 is 1.47 bits per heavy atom. The Bertz CT molecular complexity index is 5040. The first-order chi connectivity index (χ1) is 53.8. The number of hydrogen-bond acceptors (Lipinski definition) is 30. The zero-order valence-corrected chi connectivity index (χ0v) is 67.0. The lowest BCUT2D eigenvalue weighted by molar-refractivity contribution is -0.735. The Morgan fingerprint density at radius 1 is 0.781 bits per heavy atom. The van der Waals surface area contributed by atoms with Crippen molar-refractivity contribution in [2.75, 3.05) is 11.1 Å². The second-order valence-corrected chi connectivity index (χ2v) is 32.1. The quantitative estimate of drug-likeness (QED) is 0.0356. The van der Waals surface area contributed by atoms with E-state index in [1.807, 2.05) is 0 Å². The van der Waals surface area contributed by atoms with Crippen LogP contribution in [0.4, 0.5) is 5.69 Å². The first-order valence-corrected chi connectivity index (χ1v) is 39.9. The molecule has 0 saturated carbocycles. The topological polar surface area (TPSA) is 554 Å². The number of carbonyl (C=O) groups is 12. The number of aliphatic hydroxyl groups excluding tert-OH is 3. The number of phenols is 1. The molecule has 6 aromatic rings. The highest BCUT2D eigenvalue weighted by molar-refractivity contribution is 8.14. The number of amides is 11. The average Bonchev–Trinajstić information content (AvgIpc) is 1.46. The molecule has 10 rings (SSSR count). The summed E-state index contributed by atoms with van der Waals surface area (Å²) in [6.07, 6.45) is -5.06. The van der Waals surface area contributed by atoms with Gasteiger partial charge in [-0.1, -0.05) is 63.5 Å². The second kappa shape index (κ2) is 35.1. The molecule has 604 valence electrons. The predicted octanol–water partition coefficient (Wildman–Crippen LogP) is 1.38. The van der Waals surface area contributed by atoms with Gasteiger partial charge in [0.15, 0.2) is 23.5 Å². The van der Waals surface area contributed by atoms with Gasteiger partial charge in [0, 0.05) is 27.3 Å². The zero-order chi connectivity index (χ0) is 83.4. The minimum absolute atomic E-state index is 0.0130. The maximum atomic E-state index is 15.6. The number of allylic oxidation sites excluding steroid dienone is 1. The van der Waals surface area contributed by atoms with E-state index in [4.69, 9.17) is 20.4 Å². The number of primary amides is 1. The molecule has 0 radical (unpaired) electrons. The lowest BCUT2D eigenvalue weighted by atomic mass is 9.85. The highest BCUT2D eigenvalue weighted by Crippen LogP contribution is 2.45. The van der Waals surface area contributed by atoms with Crippen molar-refractivity contribution >= 4 is 155 Å². The number of thioether (sulfide) groups is 1. The van der Waals surface area contributed by atoms with Crippen LogP contribution in [0.2, 0.25) is 0 Å². The van der Waals surface area contributed by atoms with E-state index in [2.05, 4.69) is 98.2 Å². The third-order valence-corrected chi connectivity index (χ3v) is 24.1. The van der Waals surface area contributed by atoms with Crippen molar-refractivity contribution in [1.29, 1.82) is 0 Å². The Morgan fingerprint density at radius 3 is 2.15 bits per heavy atom. The van der Waals surface area contributed by atoms with Gasteiger partial charge in [0.25, 0.3) is 46.6 Å². The van der Waals surface area contributed by atoms with Crippen molar-refractivity contribution in [1.82, 2.24) is 73.1 Å². The third kappa shape index (κ3) is 18.2. The van der Waals surface area contributed by atoms with Crippen molar-refractivity contribution in [2.45, 2.75) is 173 Å². The van der Waals surface area contributed by atoms with Gasteiger partial charge in [0.2, 0.25) is 29.5 Å². The van der Waals surface area contributed by atoms with Gasteiger partial charge in [-0.3, -0.25) is 57.7 Å². The van der Waals surface area contributed by atoms with Crippen LogP contribution in [-0.4, -0.2) is 187 Å². The van der Waals surface area contributed by atoms with Crippen LogP contribution in [0, 0.1) is 5.92 Å². The van der Waals surface area contributed by atoms with E-state index in [0.717, 1.165) is 57.1 Å². The summed E-state index contributed by atoms with van der Waals surface area (Å²) < 4.78 is 7.82. The van der Waals surface area contributed by atoms with Crippen LogP contribution in [0.5, 0.6) is 5.75 Å². The number of aliphatic hydroxyl groups is 4. The number of anilines is 1. The van der Waals surface area contributed by atoms with Crippen LogP contribution in [0.1, 0.15) is 180 Å². The molecule has 4 aliphatic rings. The summed E-state index contributed by atoms with van der Waals surface area (Å²) in [4.78, 5) is 200. The Balaban J connectivity index is 1.21. The summed E-state index contributed by atoms with van der Waals surface area (Å²) in [5.41, 5.74) is -2.42. The van der Waals surface area contributed by atoms with E-state index in [1.54, 1.807) is 20.8 Å². The number of aliphatic imine (C=N–C) groups is 2. The number of benzene rings is 1. The summed E-state index contributed by atoms with van der Waals surface area (Å²) in [5.74, 6) is -13.0. The largest absolute Gasteiger partial charge is 0.504 e. The molecule has 5 aromatic heterocycles. The predicted molar refractivity (Wildman–Crippen MR) is 419 cm³/mol. The van der Waals surface area contributed by atoms with Gasteiger partial charge in [-0.15, -0.1) is 45.8 Å². The van der Waals surface area contributed by atoms with Gasteiger partial charge in [-0.2, -0.15) is 4.57 Å². The van der Waals surface area contributed by atoms with Crippen molar-refractivity contribution in [3.8, 4) is 5.75 Å². The molecule has 18 N–H and O–H groups in total. The molecule has 15 atom stereocenters. The highest BCUT2D eigenvalue weighted by Gasteiger charge is 2.56. The number of hydrogen-bond donors (Lipinski definition) is 17. The molecule has 0 saturated heterocycles. The molecule has 114 heavy (non-hydrogen) atoms. The van der Waals surface area contributed by atoms with E-state index < -0.39 is 195 Å². The van der Waals surface area contributed by atoms with Crippen molar-refractivity contribution < 1.29 is 92.4 Å². The summed E-state index contributed by atoms with van der Waals surface area (Å²) in [7, 11) is 0. The number of nitrogens with one attached hydrogen (secondary N) is 11. The van der Waals surface area contributed by atoms with E-state index in [1.165, 1.54) is 105 Å². The van der Waals surface area contributed by atoms with Crippen molar-refractivity contribution in [2.24, 2.45) is 21.6 Å². The summed E-state index contributed by atoms with van der Waals surface area (Å²) in [6, 6.07) is -6.17. The number of carbonyl (C=O) groups excluding carboxylic acids is 12. The van der Waals surface area contributed by atoms with Crippen LogP contribution in [0.3, 0.4) is 0 Å². The maximum absolute atomic E-state index is 15.6. The lowest BCUT2D eigenvalue weighted by Gasteiger charge is -2.38. The van der Waals surface area contributed by atoms with Gasteiger partial charge < -0.3 is 94.5 Å². The molecule has 0 fully saturated rings. The minimum atomic E-state index is -2.23. The fraction of sp³-hybridized carbons (Fsp3) is 0.403. The van der Waals surface area contributed by atoms with E-state index in [9.17, 15) is 68.7 Å². The van der Waals surface area contributed by atoms with Crippen LogP contribution >= 0.6 is 57.1 Å². The number of pyridine rings is 1. The summed E-state index contributed by atoms with van der Waals surface area (Å²) >= 11 is 4.46. The average molecular weight is 1660 g/mol. The second-order valence-electron chi connectivity index (χ2n) is 27.5. The van der Waals surface area contributed by atoms with E-state index in [0.29, 0.717) is 6.42 Å². The monoisotopic (exact) mass is 1660 g/mol. The van der Waals surface area contributed by atoms with Gasteiger partial charge in [0.1, 0.15) is 96.3 Å². The summed E-state index contributed by atoms with van der Waals surface area (Å²) in [5, 5.41) is 92.6. The number of rotatable bonds is 12. The maximum Gasteiger partial charge on any atom is 0.357 e. The zero-order valence-electron chi connectivity index (χ0n) is 62.9. The van der Waals surface area contributed by atoms with Crippen molar-refractivity contribution in [3.63, 3.8) is 0 Å². The first kappa shape index (κ1) is 85.3. The number of fused-ring (bicyclic) bond motifs is 7. The fourth-order valence-corrected chi connectivity index (χ4v) is 17.1. The SMILES string of the molecule is C=C(NC(=O)C(=C)NC(=O)c1csc(C2=NC3[n+]4ccsc4C4NC(=O)c5csc(n5)C(C(C)(O)C(C)O)NC(=O)C5CSC(=N5)/C(=C/C)NC(=O)C(C(C)O)NC(=O)c5csc(n5)C3(CC2)NC(=O)C(C)NC(=O)C(=C)NC(=O)C(C)NC(=O)C(C(C)CC)Nc2ccc3c(C(C)O)cc(nc3c2O)C(=O)OC4C)n1)C(N)=O. The molecule has 0 spiro atoms. The van der Waals surface area contributed by atoms with Gasteiger partial charge in [-0.25, -0.2) is 29.7 Å². The number of esters is 1. The molecular formula is C72H84N19O18S5+. The molecule has 4 aliphatic heterocycles. The molecule has 0 aliphatic carbocycles. The first-order valence-electron chi connectivity index (χ1n) is 35.4. The van der Waals surface area contributed by atoms with Gasteiger partial charge in [0.05, 0.1) is 57.9 Å². The van der Waals surface area contributed by atoms with Crippen LogP contribution in [0.15, 0.2) is 105 Å².